The Kier molecular flexibility index (Phi) is 3.58. The molecule has 4 rings (SSSR count). The fraction of sp³-hybridized carbons (Fsp3) is 0.889. The smallest absolute Gasteiger partial charge is 0.302 e. The molecule has 2 saturated carbocycles. The number of esters is 1. The van der Waals surface area contributed by atoms with Crippen LogP contribution < -0.4 is 0 Å². The molecule has 2 saturated heterocycles. The Morgan fingerprint density at radius 2 is 2.13 bits per heavy atom. The molecule has 2 heterocycles. The molecule has 0 amide bonds. The summed E-state index contributed by atoms with van der Waals surface area (Å²) in [7, 11) is 0. The molecule has 2 bridgehead atoms. The van der Waals surface area contributed by atoms with E-state index in [0.717, 1.165) is 38.8 Å². The maximum atomic E-state index is 12.8. The van der Waals surface area contributed by atoms with Crippen LogP contribution in [0.4, 0.5) is 0 Å². The van der Waals surface area contributed by atoms with Gasteiger partial charge in [0.2, 0.25) is 0 Å². The molecule has 128 valence electrons. The molecule has 5 nitrogen and oxygen atoms in total. The number of aliphatic hydroxyl groups excluding tert-OH is 1. The van der Waals surface area contributed by atoms with Crippen LogP contribution >= 0.6 is 0 Å². The molecule has 7 atom stereocenters. The Bertz CT molecular complexity index is 535. The standard InChI is InChI=1S/C18H27NO4/c1-10-9-18-13-4-3-6-19(18)7-5-15(23-11(2)20)16(18)12(17(10)22)8-14(13)21/h10,12-13,15-17,22H,3-9H2,1-2H3/t10-,12-,13+,15?,16?,17+,18-/m0/s1. The van der Waals surface area contributed by atoms with Crippen molar-refractivity contribution in [2.75, 3.05) is 13.1 Å². The molecule has 0 aromatic carbocycles. The normalized spacial score (nSPS) is 49.4. The van der Waals surface area contributed by atoms with Crippen LogP contribution in [0.1, 0.15) is 46.0 Å². The van der Waals surface area contributed by atoms with Crippen molar-refractivity contribution in [1.29, 1.82) is 0 Å². The Balaban J connectivity index is 1.81. The van der Waals surface area contributed by atoms with Gasteiger partial charge in [0.05, 0.1) is 6.10 Å². The highest BCUT2D eigenvalue weighted by Crippen LogP contribution is 2.59. The van der Waals surface area contributed by atoms with E-state index in [1.807, 2.05) is 0 Å². The first-order chi connectivity index (χ1) is 10.9. The molecule has 0 aromatic heterocycles. The third-order valence-corrected chi connectivity index (χ3v) is 7.05. The second-order valence-electron chi connectivity index (χ2n) is 8.14. The van der Waals surface area contributed by atoms with E-state index in [0.29, 0.717) is 12.2 Å². The number of ketones is 1. The number of piperidine rings is 2. The van der Waals surface area contributed by atoms with Crippen molar-refractivity contribution < 1.29 is 19.4 Å². The summed E-state index contributed by atoms with van der Waals surface area (Å²) in [4.78, 5) is 26.9. The summed E-state index contributed by atoms with van der Waals surface area (Å²) in [6.45, 7) is 5.50. The number of Topliss-reactive ketones (excluding diaryl/α,β-unsaturated/α-hetero) is 1. The van der Waals surface area contributed by atoms with Gasteiger partial charge in [-0.15, -0.1) is 0 Å². The molecule has 5 heteroatoms. The Labute approximate surface area is 137 Å². The zero-order valence-electron chi connectivity index (χ0n) is 14.0. The van der Waals surface area contributed by atoms with Gasteiger partial charge in [0.15, 0.2) is 0 Å². The summed E-state index contributed by atoms with van der Waals surface area (Å²) in [5.41, 5.74) is -0.185. The van der Waals surface area contributed by atoms with E-state index in [2.05, 4.69) is 11.8 Å². The number of nitrogens with zero attached hydrogens (tertiary/aromatic N) is 1. The lowest BCUT2D eigenvalue weighted by Gasteiger charge is -2.67. The zero-order valence-corrected chi connectivity index (χ0v) is 14.0. The fourth-order valence-electron chi connectivity index (χ4n) is 6.44. The Morgan fingerprint density at radius 1 is 1.35 bits per heavy atom. The van der Waals surface area contributed by atoms with Gasteiger partial charge in [0.1, 0.15) is 11.9 Å². The quantitative estimate of drug-likeness (QED) is 0.739. The summed E-state index contributed by atoms with van der Waals surface area (Å²) in [6.07, 6.45) is 3.54. The van der Waals surface area contributed by atoms with E-state index in [4.69, 9.17) is 4.74 Å². The maximum absolute atomic E-state index is 12.8. The highest BCUT2D eigenvalue weighted by atomic mass is 16.5. The summed E-state index contributed by atoms with van der Waals surface area (Å²) in [5.74, 6) is 0.381. The molecule has 1 N–H and O–H groups in total. The molecule has 2 aliphatic carbocycles. The summed E-state index contributed by atoms with van der Waals surface area (Å²) in [6, 6.07) is 0. The van der Waals surface area contributed by atoms with Crippen molar-refractivity contribution in [3.63, 3.8) is 0 Å². The van der Waals surface area contributed by atoms with Gasteiger partial charge in [-0.3, -0.25) is 14.5 Å². The molecule has 0 aromatic rings. The maximum Gasteiger partial charge on any atom is 0.302 e. The lowest BCUT2D eigenvalue weighted by atomic mass is 9.47. The first kappa shape index (κ1) is 15.6. The lowest BCUT2D eigenvalue weighted by Crippen LogP contribution is -2.76. The molecular weight excluding hydrogens is 294 g/mol. The van der Waals surface area contributed by atoms with Crippen molar-refractivity contribution in [2.45, 2.75) is 63.7 Å². The third kappa shape index (κ3) is 2.05. The second-order valence-corrected chi connectivity index (χ2v) is 8.14. The van der Waals surface area contributed by atoms with Gasteiger partial charge >= 0.3 is 5.97 Å². The molecule has 2 unspecified atom stereocenters. The molecule has 1 spiro atoms. The first-order valence-electron chi connectivity index (χ1n) is 9.08. The van der Waals surface area contributed by atoms with Crippen LogP contribution in [-0.4, -0.2) is 52.6 Å². The number of carbonyl (C=O) groups excluding carboxylic acids is 2. The van der Waals surface area contributed by atoms with E-state index in [1.54, 1.807) is 0 Å². The predicted molar refractivity (Wildman–Crippen MR) is 83.6 cm³/mol. The van der Waals surface area contributed by atoms with Crippen LogP contribution in [0.5, 0.6) is 0 Å². The van der Waals surface area contributed by atoms with Gasteiger partial charge in [-0.25, -0.2) is 0 Å². The molecule has 23 heavy (non-hydrogen) atoms. The monoisotopic (exact) mass is 321 g/mol. The van der Waals surface area contributed by atoms with E-state index in [1.165, 1.54) is 6.92 Å². The van der Waals surface area contributed by atoms with E-state index in [-0.39, 0.29) is 41.3 Å². The van der Waals surface area contributed by atoms with Crippen molar-refractivity contribution in [3.05, 3.63) is 0 Å². The largest absolute Gasteiger partial charge is 0.462 e. The van der Waals surface area contributed by atoms with Gasteiger partial charge in [0, 0.05) is 43.2 Å². The third-order valence-electron chi connectivity index (χ3n) is 7.05. The highest BCUT2D eigenvalue weighted by Gasteiger charge is 2.67. The highest BCUT2D eigenvalue weighted by molar-refractivity contribution is 5.84. The topological polar surface area (TPSA) is 66.8 Å². The van der Waals surface area contributed by atoms with E-state index < -0.39 is 6.10 Å². The minimum absolute atomic E-state index is 0.0609. The van der Waals surface area contributed by atoms with Gasteiger partial charge in [0.25, 0.3) is 0 Å². The summed E-state index contributed by atoms with van der Waals surface area (Å²) < 4.78 is 5.69. The molecular formula is C18H27NO4. The SMILES string of the molecule is CC(=O)OC1CCN2CCC[C@@H]3C(=O)C[C@H]4C1[C@]32C[C@H](C)[C@H]4O. The minimum atomic E-state index is -0.463. The van der Waals surface area contributed by atoms with Crippen LogP contribution in [-0.2, 0) is 14.3 Å². The van der Waals surface area contributed by atoms with Gasteiger partial charge in [-0.05, 0) is 38.1 Å². The van der Waals surface area contributed by atoms with Crippen LogP contribution in [0, 0.1) is 23.7 Å². The molecule has 2 aliphatic heterocycles. The van der Waals surface area contributed by atoms with Gasteiger partial charge in [-0.2, -0.15) is 0 Å². The molecule has 0 radical (unpaired) electrons. The number of ether oxygens (including phenoxy) is 1. The first-order valence-corrected chi connectivity index (χ1v) is 9.08. The van der Waals surface area contributed by atoms with Crippen LogP contribution in [0.15, 0.2) is 0 Å². The zero-order chi connectivity index (χ0) is 16.4. The number of carbonyl (C=O) groups is 2. The van der Waals surface area contributed by atoms with Gasteiger partial charge < -0.3 is 9.84 Å². The summed E-state index contributed by atoms with van der Waals surface area (Å²) >= 11 is 0. The Morgan fingerprint density at radius 3 is 2.87 bits per heavy atom. The second kappa shape index (κ2) is 5.28. The lowest BCUT2D eigenvalue weighted by molar-refractivity contribution is -0.225. The summed E-state index contributed by atoms with van der Waals surface area (Å²) in [5, 5.41) is 10.7. The molecule has 4 fully saturated rings. The number of aliphatic hydroxyl groups is 1. The molecule has 4 aliphatic rings. The predicted octanol–water partition coefficient (Wildman–Crippen LogP) is 1.38. The Hall–Kier alpha value is -0.940. The fourth-order valence-corrected chi connectivity index (χ4v) is 6.44. The van der Waals surface area contributed by atoms with E-state index in [9.17, 15) is 14.7 Å². The van der Waals surface area contributed by atoms with Crippen LogP contribution in [0.25, 0.3) is 0 Å². The number of hydrogen-bond donors (Lipinski definition) is 1. The number of rotatable bonds is 1. The van der Waals surface area contributed by atoms with Crippen LogP contribution in [0.2, 0.25) is 0 Å². The average Bonchev–Trinajstić information content (AvgIpc) is 2.49. The minimum Gasteiger partial charge on any atom is -0.462 e. The average molecular weight is 321 g/mol. The van der Waals surface area contributed by atoms with Crippen LogP contribution in [0.3, 0.4) is 0 Å². The van der Waals surface area contributed by atoms with Crippen molar-refractivity contribution in [3.8, 4) is 0 Å². The number of hydrogen-bond acceptors (Lipinski definition) is 5. The van der Waals surface area contributed by atoms with Crippen molar-refractivity contribution in [2.24, 2.45) is 23.7 Å². The van der Waals surface area contributed by atoms with E-state index >= 15 is 0 Å². The van der Waals surface area contributed by atoms with Crippen molar-refractivity contribution >= 4 is 11.8 Å². The van der Waals surface area contributed by atoms with Crippen molar-refractivity contribution in [1.82, 2.24) is 4.90 Å². The van der Waals surface area contributed by atoms with Gasteiger partial charge in [-0.1, -0.05) is 6.92 Å².